The molecular weight excluding hydrogens is 368 g/mol. The van der Waals surface area contributed by atoms with Gasteiger partial charge in [0.25, 0.3) is 5.91 Å². The predicted octanol–water partition coefficient (Wildman–Crippen LogP) is 2.45. The number of ether oxygens (including phenoxy) is 1. The molecule has 142 valence electrons. The number of hydrogen-bond acceptors (Lipinski definition) is 5. The predicted molar refractivity (Wildman–Crippen MR) is 103 cm³/mol. The van der Waals surface area contributed by atoms with E-state index in [0.717, 1.165) is 6.26 Å². The highest BCUT2D eigenvalue weighted by Gasteiger charge is 2.31. The van der Waals surface area contributed by atoms with Crippen LogP contribution >= 0.6 is 0 Å². The summed E-state index contributed by atoms with van der Waals surface area (Å²) in [4.78, 5) is 24.2. The van der Waals surface area contributed by atoms with Crippen molar-refractivity contribution in [2.75, 3.05) is 22.4 Å². The zero-order valence-corrected chi connectivity index (χ0v) is 15.8. The van der Waals surface area contributed by atoms with E-state index < -0.39 is 22.0 Å². The summed E-state index contributed by atoms with van der Waals surface area (Å²) in [6, 6.07) is 13.3. The van der Waals surface area contributed by atoms with Gasteiger partial charge in [0.1, 0.15) is 5.75 Å². The Morgan fingerprint density at radius 1 is 1.15 bits per heavy atom. The van der Waals surface area contributed by atoms with Crippen molar-refractivity contribution in [1.29, 1.82) is 0 Å². The molecule has 8 heteroatoms. The lowest BCUT2D eigenvalue weighted by Gasteiger charge is -2.20. The third kappa shape index (κ3) is 4.28. The number of ketones is 1. The second-order valence-corrected chi connectivity index (χ2v) is 8.23. The lowest BCUT2D eigenvalue weighted by Crippen LogP contribution is -2.36. The zero-order valence-electron chi connectivity index (χ0n) is 15.0. The van der Waals surface area contributed by atoms with Crippen molar-refractivity contribution >= 4 is 33.1 Å². The first kappa shape index (κ1) is 18.9. The molecule has 2 aromatic carbocycles. The number of nitrogens with zero attached hydrogens (tertiary/aromatic N) is 1. The lowest BCUT2D eigenvalue weighted by molar-refractivity contribution is -0.122. The molecule has 2 aromatic rings. The summed E-state index contributed by atoms with van der Waals surface area (Å²) in [7, 11) is -3.50. The smallest absolute Gasteiger partial charge is 0.265 e. The number of sulfonamides is 1. The van der Waals surface area contributed by atoms with Crippen LogP contribution in [0.2, 0.25) is 0 Å². The monoisotopic (exact) mass is 388 g/mol. The molecule has 0 aliphatic carbocycles. The number of nitrogens with one attached hydrogen (secondary N) is 1. The average Bonchev–Trinajstić information content (AvgIpc) is 2.81. The second-order valence-electron chi connectivity index (χ2n) is 6.32. The number of Topliss-reactive ketones (excluding diaryl/α,β-unsaturated/α-hetero) is 1. The number of anilines is 2. The molecular formula is C19H20N2O5S. The molecule has 0 radical (unpaired) electrons. The Balaban J connectivity index is 1.83. The van der Waals surface area contributed by atoms with Gasteiger partial charge in [0.15, 0.2) is 11.9 Å². The van der Waals surface area contributed by atoms with Crippen molar-refractivity contribution < 1.29 is 22.7 Å². The first-order valence-electron chi connectivity index (χ1n) is 8.41. The average molecular weight is 388 g/mol. The van der Waals surface area contributed by atoms with Crippen LogP contribution in [-0.4, -0.2) is 39.0 Å². The quantitative estimate of drug-likeness (QED) is 0.812. The number of rotatable bonds is 4. The fraction of sp³-hybridized carbons (Fsp3) is 0.263. The normalized spacial score (nSPS) is 16.7. The van der Waals surface area contributed by atoms with E-state index >= 15 is 0 Å². The summed E-state index contributed by atoms with van der Waals surface area (Å²) in [5.41, 5.74) is 1.38. The van der Waals surface area contributed by atoms with E-state index in [-0.39, 0.29) is 18.7 Å². The van der Waals surface area contributed by atoms with Crippen LogP contribution in [0.15, 0.2) is 48.5 Å². The summed E-state index contributed by atoms with van der Waals surface area (Å²) in [6.07, 6.45) is 0.455. The van der Waals surface area contributed by atoms with E-state index in [4.69, 9.17) is 4.74 Å². The molecule has 0 saturated carbocycles. The molecule has 0 aromatic heterocycles. The van der Waals surface area contributed by atoms with Gasteiger partial charge in [-0.3, -0.25) is 13.9 Å². The van der Waals surface area contributed by atoms with Crippen LogP contribution in [0.3, 0.4) is 0 Å². The van der Waals surface area contributed by atoms with Gasteiger partial charge in [0.05, 0.1) is 11.9 Å². The van der Waals surface area contributed by atoms with Gasteiger partial charge in [-0.1, -0.05) is 24.3 Å². The van der Waals surface area contributed by atoms with Crippen molar-refractivity contribution in [3.05, 3.63) is 54.1 Å². The van der Waals surface area contributed by atoms with Crippen LogP contribution in [-0.2, 0) is 14.8 Å². The van der Waals surface area contributed by atoms with E-state index in [1.165, 1.54) is 11.2 Å². The Bertz CT molecular complexity index is 987. The first-order valence-corrected chi connectivity index (χ1v) is 10.3. The summed E-state index contributed by atoms with van der Waals surface area (Å²) < 4.78 is 31.3. The number of carbonyl (C=O) groups is 2. The first-order chi connectivity index (χ1) is 12.8. The number of amides is 1. The van der Waals surface area contributed by atoms with Gasteiger partial charge in [0.2, 0.25) is 10.0 Å². The van der Waals surface area contributed by atoms with Crippen LogP contribution in [0.5, 0.6) is 5.75 Å². The highest BCUT2D eigenvalue weighted by Crippen LogP contribution is 2.34. The molecule has 1 amide bonds. The summed E-state index contributed by atoms with van der Waals surface area (Å²) in [6.45, 7) is 1.58. The third-order valence-electron chi connectivity index (χ3n) is 4.23. The second kappa shape index (κ2) is 7.40. The van der Waals surface area contributed by atoms with Crippen molar-refractivity contribution in [3.8, 4) is 5.75 Å². The molecule has 0 bridgehead atoms. The van der Waals surface area contributed by atoms with Crippen LogP contribution in [0.25, 0.3) is 0 Å². The summed E-state index contributed by atoms with van der Waals surface area (Å²) in [5, 5.41) is 2.73. The Kier molecular flexibility index (Phi) is 5.18. The van der Waals surface area contributed by atoms with Crippen molar-refractivity contribution in [2.45, 2.75) is 19.4 Å². The van der Waals surface area contributed by atoms with Gasteiger partial charge >= 0.3 is 0 Å². The van der Waals surface area contributed by atoms with E-state index in [1.807, 2.05) is 0 Å². The molecule has 1 N–H and O–H groups in total. The topological polar surface area (TPSA) is 92.8 Å². The number of fused-ring (bicyclic) bond motifs is 1. The summed E-state index contributed by atoms with van der Waals surface area (Å²) in [5.74, 6) is -0.173. The molecule has 27 heavy (non-hydrogen) atoms. The molecule has 0 spiro atoms. The van der Waals surface area contributed by atoms with Crippen LogP contribution in [0, 0.1) is 0 Å². The van der Waals surface area contributed by atoms with Gasteiger partial charge < -0.3 is 10.1 Å². The minimum absolute atomic E-state index is 0.102. The largest absolute Gasteiger partial charge is 0.478 e. The van der Waals surface area contributed by atoms with Crippen LogP contribution < -0.4 is 14.4 Å². The van der Waals surface area contributed by atoms with Gasteiger partial charge in [-0.25, -0.2) is 8.42 Å². The number of carbonyl (C=O) groups excluding carboxylic acids is 2. The standard InChI is InChI=1S/C19H20N2O5S/c1-13(22)14-6-5-7-15(12-14)20-19(23)18-10-11-21(27(2,24)25)16-8-3-4-9-17(16)26-18/h3-9,12,18H,10-11H2,1-2H3,(H,20,23). The Labute approximate surface area is 158 Å². The molecule has 7 nitrogen and oxygen atoms in total. The van der Waals surface area contributed by atoms with Gasteiger partial charge in [-0.05, 0) is 31.2 Å². The maximum Gasteiger partial charge on any atom is 0.265 e. The Morgan fingerprint density at radius 3 is 2.59 bits per heavy atom. The molecule has 3 rings (SSSR count). The SMILES string of the molecule is CC(=O)c1cccc(NC(=O)C2CCN(S(C)(=O)=O)c3ccccc3O2)c1. The fourth-order valence-electron chi connectivity index (χ4n) is 2.90. The minimum Gasteiger partial charge on any atom is -0.478 e. The number of hydrogen-bond donors (Lipinski definition) is 1. The molecule has 0 fully saturated rings. The molecule has 1 atom stereocenters. The van der Waals surface area contributed by atoms with Gasteiger partial charge in [-0.2, -0.15) is 0 Å². The van der Waals surface area contributed by atoms with Gasteiger partial charge in [-0.15, -0.1) is 0 Å². The molecule has 1 aliphatic heterocycles. The van der Waals surface area contributed by atoms with Crippen molar-refractivity contribution in [2.24, 2.45) is 0 Å². The molecule has 1 aliphatic rings. The Hall–Kier alpha value is -2.87. The van der Waals surface area contributed by atoms with Crippen molar-refractivity contribution in [1.82, 2.24) is 0 Å². The Morgan fingerprint density at radius 2 is 1.89 bits per heavy atom. The third-order valence-corrected chi connectivity index (χ3v) is 5.41. The molecule has 1 heterocycles. The fourth-order valence-corrected chi connectivity index (χ4v) is 3.84. The van der Waals surface area contributed by atoms with Crippen LogP contribution in [0.4, 0.5) is 11.4 Å². The highest BCUT2D eigenvalue weighted by molar-refractivity contribution is 7.92. The van der Waals surface area contributed by atoms with E-state index in [1.54, 1.807) is 48.5 Å². The van der Waals surface area contributed by atoms with E-state index in [0.29, 0.717) is 22.7 Å². The van der Waals surface area contributed by atoms with E-state index in [2.05, 4.69) is 5.32 Å². The minimum atomic E-state index is -3.50. The highest BCUT2D eigenvalue weighted by atomic mass is 32.2. The maximum atomic E-state index is 12.7. The van der Waals surface area contributed by atoms with Crippen molar-refractivity contribution in [3.63, 3.8) is 0 Å². The van der Waals surface area contributed by atoms with Crippen LogP contribution in [0.1, 0.15) is 23.7 Å². The summed E-state index contributed by atoms with van der Waals surface area (Å²) >= 11 is 0. The number of benzene rings is 2. The molecule has 0 saturated heterocycles. The van der Waals surface area contributed by atoms with Gasteiger partial charge in [0, 0.05) is 24.2 Å². The maximum absolute atomic E-state index is 12.7. The van der Waals surface area contributed by atoms with E-state index in [9.17, 15) is 18.0 Å². The lowest BCUT2D eigenvalue weighted by atomic mass is 10.1. The zero-order chi connectivity index (χ0) is 19.6. The molecule has 1 unspecified atom stereocenters. The number of para-hydroxylation sites is 2.